The van der Waals surface area contributed by atoms with Gasteiger partial charge >= 0.3 is 0 Å². The first kappa shape index (κ1) is 17.3. The molecular weight excluding hydrogens is 441 g/mol. The minimum Gasteiger partial charge on any atom is -0.336 e. The highest BCUT2D eigenvalue weighted by Crippen LogP contribution is 2.18. The number of piperazine rings is 1. The van der Waals surface area contributed by atoms with Crippen LogP contribution in [0.2, 0.25) is 0 Å². The molecule has 1 aromatic heterocycles. The van der Waals surface area contributed by atoms with Crippen molar-refractivity contribution >= 4 is 38.5 Å². The monoisotopic (exact) mass is 457 g/mol. The largest absolute Gasteiger partial charge is 0.336 e. The van der Waals surface area contributed by atoms with Gasteiger partial charge in [0.2, 0.25) is 10.0 Å². The highest BCUT2D eigenvalue weighted by Gasteiger charge is 2.30. The van der Waals surface area contributed by atoms with Crippen LogP contribution < -0.4 is 0 Å². The Morgan fingerprint density at radius 3 is 2.29 bits per heavy atom. The van der Waals surface area contributed by atoms with Crippen LogP contribution in [0.15, 0.2) is 53.7 Å². The van der Waals surface area contributed by atoms with Crippen LogP contribution in [0.3, 0.4) is 0 Å². The number of hydrogen-bond acceptors (Lipinski definition) is 4. The Labute approximate surface area is 154 Å². The van der Waals surface area contributed by atoms with Gasteiger partial charge in [-0.15, -0.1) is 0 Å². The van der Waals surface area contributed by atoms with Crippen molar-refractivity contribution in [3.05, 3.63) is 57.9 Å². The maximum atomic E-state index is 12.6. The summed E-state index contributed by atoms with van der Waals surface area (Å²) in [6.07, 6.45) is 2.88. The molecule has 0 atom stereocenters. The van der Waals surface area contributed by atoms with Crippen LogP contribution in [0.1, 0.15) is 10.4 Å². The Hall–Kier alpha value is -1.52. The lowest BCUT2D eigenvalue weighted by atomic mass is 10.2. The Balaban J connectivity index is 1.67. The van der Waals surface area contributed by atoms with Crippen LogP contribution in [-0.4, -0.2) is 54.7 Å². The van der Waals surface area contributed by atoms with E-state index in [-0.39, 0.29) is 23.9 Å². The van der Waals surface area contributed by atoms with Crippen molar-refractivity contribution < 1.29 is 13.2 Å². The number of pyridine rings is 1. The molecule has 2 heterocycles. The number of benzene rings is 1. The van der Waals surface area contributed by atoms with E-state index in [1.807, 2.05) is 12.1 Å². The highest BCUT2D eigenvalue weighted by atomic mass is 127. The second-order valence-corrected chi connectivity index (χ2v) is 8.58. The van der Waals surface area contributed by atoms with Gasteiger partial charge in [0.1, 0.15) is 4.90 Å². The molecule has 0 saturated carbocycles. The molecule has 6 nitrogen and oxygen atoms in total. The van der Waals surface area contributed by atoms with Crippen LogP contribution in [-0.2, 0) is 10.0 Å². The standard InChI is InChI=1S/C16H16IN3O3S/c17-14-5-3-13(4-6-14)16(21)19-8-10-20(11-9-19)24(22,23)15-2-1-7-18-12-15/h1-7,12H,8-11H2. The SMILES string of the molecule is O=C(c1ccc(I)cc1)N1CCN(S(=O)(=O)c2cccnc2)CC1. The fraction of sp³-hybridized carbons (Fsp3) is 0.250. The maximum Gasteiger partial charge on any atom is 0.253 e. The van der Waals surface area contributed by atoms with Crippen LogP contribution in [0.25, 0.3) is 0 Å². The molecule has 2 aromatic rings. The van der Waals surface area contributed by atoms with E-state index >= 15 is 0 Å². The van der Waals surface area contributed by atoms with Crippen LogP contribution in [0, 0.1) is 3.57 Å². The maximum absolute atomic E-state index is 12.6. The smallest absolute Gasteiger partial charge is 0.253 e. The number of halogens is 1. The van der Waals surface area contributed by atoms with Crippen molar-refractivity contribution in [2.24, 2.45) is 0 Å². The summed E-state index contributed by atoms with van der Waals surface area (Å²) in [4.78, 5) is 18.2. The molecule has 1 amide bonds. The van der Waals surface area contributed by atoms with E-state index < -0.39 is 10.0 Å². The summed E-state index contributed by atoms with van der Waals surface area (Å²) < 4.78 is 27.6. The molecule has 0 radical (unpaired) electrons. The van der Waals surface area contributed by atoms with Crippen molar-refractivity contribution in [3.63, 3.8) is 0 Å². The number of nitrogens with zero attached hydrogens (tertiary/aromatic N) is 3. The minimum absolute atomic E-state index is 0.0650. The van der Waals surface area contributed by atoms with Crippen LogP contribution >= 0.6 is 22.6 Å². The third-order valence-corrected chi connectivity index (χ3v) is 6.49. The number of carbonyl (C=O) groups is 1. The first-order valence-corrected chi connectivity index (χ1v) is 9.95. The molecule has 8 heteroatoms. The average Bonchev–Trinajstić information content (AvgIpc) is 2.62. The number of amides is 1. The molecule has 0 unspecified atom stereocenters. The van der Waals surface area contributed by atoms with Crippen molar-refractivity contribution in [1.82, 2.24) is 14.2 Å². The zero-order valence-electron chi connectivity index (χ0n) is 12.8. The summed E-state index contributed by atoms with van der Waals surface area (Å²) in [5.41, 5.74) is 0.624. The quantitative estimate of drug-likeness (QED) is 0.660. The van der Waals surface area contributed by atoms with Gasteiger partial charge in [0.05, 0.1) is 0 Å². The summed E-state index contributed by atoms with van der Waals surface area (Å²) >= 11 is 2.19. The minimum atomic E-state index is -3.55. The van der Waals surface area contributed by atoms with Gasteiger partial charge in [-0.2, -0.15) is 4.31 Å². The molecule has 24 heavy (non-hydrogen) atoms. The molecule has 126 valence electrons. The molecule has 0 aliphatic carbocycles. The molecule has 1 aromatic carbocycles. The van der Waals surface area contributed by atoms with E-state index in [4.69, 9.17) is 0 Å². The summed E-state index contributed by atoms with van der Waals surface area (Å²) in [5.74, 6) is -0.0650. The lowest BCUT2D eigenvalue weighted by Gasteiger charge is -2.34. The molecule has 1 aliphatic rings. The Morgan fingerprint density at radius 1 is 1.04 bits per heavy atom. The number of carbonyl (C=O) groups excluding carboxylic acids is 1. The third kappa shape index (κ3) is 3.60. The zero-order chi connectivity index (χ0) is 17.2. The molecule has 0 spiro atoms. The van der Waals surface area contributed by atoms with E-state index in [1.54, 1.807) is 23.1 Å². The predicted molar refractivity (Wildman–Crippen MR) is 98.1 cm³/mol. The van der Waals surface area contributed by atoms with Crippen molar-refractivity contribution in [3.8, 4) is 0 Å². The topological polar surface area (TPSA) is 70.6 Å². The van der Waals surface area contributed by atoms with Gasteiger partial charge in [-0.1, -0.05) is 0 Å². The van der Waals surface area contributed by atoms with E-state index in [9.17, 15) is 13.2 Å². The Morgan fingerprint density at radius 2 is 1.71 bits per heavy atom. The van der Waals surface area contributed by atoms with Crippen LogP contribution in [0.4, 0.5) is 0 Å². The van der Waals surface area contributed by atoms with Crippen molar-refractivity contribution in [2.45, 2.75) is 4.90 Å². The summed E-state index contributed by atoms with van der Waals surface area (Å²) in [6.45, 7) is 1.33. The van der Waals surface area contributed by atoms with Gasteiger partial charge in [0.15, 0.2) is 0 Å². The van der Waals surface area contributed by atoms with Crippen molar-refractivity contribution in [1.29, 1.82) is 0 Å². The molecular formula is C16H16IN3O3S. The van der Waals surface area contributed by atoms with Gasteiger partial charge in [-0.25, -0.2) is 8.42 Å². The van der Waals surface area contributed by atoms with Crippen molar-refractivity contribution in [2.75, 3.05) is 26.2 Å². The summed E-state index contributed by atoms with van der Waals surface area (Å²) in [6, 6.07) is 10.5. The second kappa shape index (κ2) is 7.16. The normalized spacial score (nSPS) is 16.1. The van der Waals surface area contributed by atoms with Gasteiger partial charge in [-0.3, -0.25) is 9.78 Å². The number of hydrogen-bond donors (Lipinski definition) is 0. The van der Waals surface area contributed by atoms with Gasteiger partial charge in [0.25, 0.3) is 5.91 Å². The molecule has 1 fully saturated rings. The first-order chi connectivity index (χ1) is 11.5. The van der Waals surface area contributed by atoms with Gasteiger partial charge in [0, 0.05) is 47.7 Å². The Kier molecular flexibility index (Phi) is 5.16. The van der Waals surface area contributed by atoms with Crippen LogP contribution in [0.5, 0.6) is 0 Å². The molecule has 0 N–H and O–H groups in total. The first-order valence-electron chi connectivity index (χ1n) is 7.43. The third-order valence-electron chi connectivity index (χ3n) is 3.89. The zero-order valence-corrected chi connectivity index (χ0v) is 15.8. The van der Waals surface area contributed by atoms with Gasteiger partial charge in [-0.05, 0) is 59.0 Å². The number of aromatic nitrogens is 1. The van der Waals surface area contributed by atoms with E-state index in [1.165, 1.54) is 22.8 Å². The fourth-order valence-corrected chi connectivity index (χ4v) is 4.30. The number of rotatable bonds is 3. The predicted octanol–water partition coefficient (Wildman–Crippen LogP) is 1.83. The molecule has 3 rings (SSSR count). The fourth-order valence-electron chi connectivity index (χ4n) is 2.56. The van der Waals surface area contributed by atoms with Gasteiger partial charge < -0.3 is 4.90 Å². The van der Waals surface area contributed by atoms with E-state index in [2.05, 4.69) is 27.6 Å². The average molecular weight is 457 g/mol. The lowest BCUT2D eigenvalue weighted by Crippen LogP contribution is -2.50. The van der Waals surface area contributed by atoms with E-state index in [0.717, 1.165) is 3.57 Å². The Bertz CT molecular complexity index is 817. The number of sulfonamides is 1. The molecule has 1 aliphatic heterocycles. The summed E-state index contributed by atoms with van der Waals surface area (Å²) in [5, 5.41) is 0. The molecule has 0 bridgehead atoms. The lowest BCUT2D eigenvalue weighted by molar-refractivity contribution is 0.0698. The summed E-state index contributed by atoms with van der Waals surface area (Å²) in [7, 11) is -3.55. The van der Waals surface area contributed by atoms with E-state index in [0.29, 0.717) is 18.7 Å². The second-order valence-electron chi connectivity index (χ2n) is 5.39. The molecule has 1 saturated heterocycles. The highest BCUT2D eigenvalue weighted by molar-refractivity contribution is 14.1.